The van der Waals surface area contributed by atoms with Crippen molar-refractivity contribution in [1.82, 2.24) is 5.32 Å². The predicted octanol–water partition coefficient (Wildman–Crippen LogP) is 2.54. The average Bonchev–Trinajstić information content (AvgIpc) is 2.63. The maximum absolute atomic E-state index is 12.5. The third kappa shape index (κ3) is 5.58. The molecule has 0 aliphatic carbocycles. The normalized spacial score (nSPS) is 23.8. The van der Waals surface area contributed by atoms with Gasteiger partial charge in [0, 0.05) is 31.5 Å². The second-order valence-electron chi connectivity index (χ2n) is 6.84. The molecule has 7 heteroatoms. The molecule has 1 aromatic carbocycles. The number of carbonyl (C=O) groups is 1. The number of hydrogen-bond acceptors (Lipinski definition) is 5. The predicted molar refractivity (Wildman–Crippen MR) is 103 cm³/mol. The Morgan fingerprint density at radius 2 is 2.08 bits per heavy atom. The smallest absolute Gasteiger partial charge is 0.244 e. The molecule has 0 saturated carbocycles. The Morgan fingerprint density at radius 1 is 1.31 bits per heavy atom. The molecule has 2 saturated heterocycles. The summed E-state index contributed by atoms with van der Waals surface area (Å²) in [6.45, 7) is 7.58. The number of benzene rings is 1. The van der Waals surface area contributed by atoms with Crippen molar-refractivity contribution in [2.24, 2.45) is 5.92 Å². The van der Waals surface area contributed by atoms with Crippen LogP contribution in [0.25, 0.3) is 0 Å². The molecule has 2 aliphatic heterocycles. The topological polar surface area (TPSA) is 68.8 Å². The molecule has 1 amide bonds. The van der Waals surface area contributed by atoms with Crippen LogP contribution in [0.1, 0.15) is 25.3 Å². The van der Waals surface area contributed by atoms with Crippen molar-refractivity contribution in [3.63, 3.8) is 0 Å². The van der Waals surface area contributed by atoms with Crippen LogP contribution >= 0.6 is 12.4 Å². The standard InChI is InChI=1S/C19H28N2O4.ClH/c1-13-3-4-16(21-19(22)18-14(2)24-10-7-20-18)11-17(13)25-12-15-5-8-23-9-6-15;/h3-4,11,14-15,18,20H,5-10,12H2,1-2H3,(H,21,22);1H/t14-,18+;/m1./s1. The van der Waals surface area contributed by atoms with Crippen LogP contribution in [0.4, 0.5) is 5.69 Å². The average molecular weight is 385 g/mol. The fourth-order valence-electron chi connectivity index (χ4n) is 3.20. The number of carbonyl (C=O) groups excluding carboxylic acids is 1. The van der Waals surface area contributed by atoms with E-state index < -0.39 is 0 Å². The minimum atomic E-state index is -0.332. The van der Waals surface area contributed by atoms with Gasteiger partial charge in [-0.05, 0) is 44.2 Å². The lowest BCUT2D eigenvalue weighted by Crippen LogP contribution is -2.53. The molecule has 2 aliphatic rings. The van der Waals surface area contributed by atoms with Gasteiger partial charge in [-0.15, -0.1) is 12.4 Å². The monoisotopic (exact) mass is 384 g/mol. The van der Waals surface area contributed by atoms with Crippen LogP contribution in [0.15, 0.2) is 18.2 Å². The zero-order chi connectivity index (χ0) is 17.6. The Hall–Kier alpha value is -1.34. The minimum Gasteiger partial charge on any atom is -0.493 e. The van der Waals surface area contributed by atoms with Crippen LogP contribution in [-0.4, -0.2) is 51.0 Å². The van der Waals surface area contributed by atoms with Gasteiger partial charge in [-0.1, -0.05) is 6.07 Å². The van der Waals surface area contributed by atoms with Gasteiger partial charge in [0.2, 0.25) is 5.91 Å². The number of ether oxygens (including phenoxy) is 3. The first-order valence-corrected chi connectivity index (χ1v) is 9.10. The molecular weight excluding hydrogens is 356 g/mol. The van der Waals surface area contributed by atoms with E-state index in [4.69, 9.17) is 14.2 Å². The molecule has 3 rings (SSSR count). The maximum atomic E-state index is 12.5. The molecule has 2 heterocycles. The van der Waals surface area contributed by atoms with Crippen molar-refractivity contribution in [3.8, 4) is 5.75 Å². The highest BCUT2D eigenvalue weighted by Gasteiger charge is 2.28. The van der Waals surface area contributed by atoms with Crippen molar-refractivity contribution in [2.45, 2.75) is 38.8 Å². The van der Waals surface area contributed by atoms with Crippen LogP contribution in [0.5, 0.6) is 5.75 Å². The van der Waals surface area contributed by atoms with E-state index in [1.165, 1.54) is 0 Å². The zero-order valence-corrected chi connectivity index (χ0v) is 16.3. The number of hydrogen-bond donors (Lipinski definition) is 2. The lowest BCUT2D eigenvalue weighted by Gasteiger charge is -2.29. The number of nitrogens with one attached hydrogen (secondary N) is 2. The van der Waals surface area contributed by atoms with Crippen molar-refractivity contribution in [2.75, 3.05) is 38.3 Å². The van der Waals surface area contributed by atoms with Gasteiger partial charge < -0.3 is 24.8 Å². The van der Waals surface area contributed by atoms with Crippen molar-refractivity contribution < 1.29 is 19.0 Å². The summed E-state index contributed by atoms with van der Waals surface area (Å²) in [4.78, 5) is 12.5. The van der Waals surface area contributed by atoms with Gasteiger partial charge in [0.1, 0.15) is 11.8 Å². The first-order chi connectivity index (χ1) is 12.1. The highest BCUT2D eigenvalue weighted by Crippen LogP contribution is 2.25. The van der Waals surface area contributed by atoms with Crippen LogP contribution in [0.2, 0.25) is 0 Å². The van der Waals surface area contributed by atoms with Crippen molar-refractivity contribution in [3.05, 3.63) is 23.8 Å². The first-order valence-electron chi connectivity index (χ1n) is 9.10. The van der Waals surface area contributed by atoms with Crippen molar-refractivity contribution in [1.29, 1.82) is 0 Å². The largest absolute Gasteiger partial charge is 0.493 e. The van der Waals surface area contributed by atoms with Crippen LogP contribution in [0.3, 0.4) is 0 Å². The van der Waals surface area contributed by atoms with E-state index in [0.29, 0.717) is 25.7 Å². The summed E-state index contributed by atoms with van der Waals surface area (Å²) in [5, 5.41) is 6.17. The van der Waals surface area contributed by atoms with E-state index in [2.05, 4.69) is 10.6 Å². The number of amides is 1. The number of rotatable bonds is 5. The quantitative estimate of drug-likeness (QED) is 0.816. The first kappa shape index (κ1) is 21.0. The Balaban J connectivity index is 0.00000243. The molecule has 2 atom stereocenters. The van der Waals surface area contributed by atoms with Crippen LogP contribution in [-0.2, 0) is 14.3 Å². The Labute approximate surface area is 161 Å². The summed E-state index contributed by atoms with van der Waals surface area (Å²) in [5.74, 6) is 1.28. The summed E-state index contributed by atoms with van der Waals surface area (Å²) in [6.07, 6.45) is 1.95. The number of aryl methyl sites for hydroxylation is 1. The zero-order valence-electron chi connectivity index (χ0n) is 15.5. The number of morpholine rings is 1. The lowest BCUT2D eigenvalue weighted by atomic mass is 10.0. The van der Waals surface area contributed by atoms with Gasteiger partial charge in [0.25, 0.3) is 0 Å². The van der Waals surface area contributed by atoms with Crippen molar-refractivity contribution >= 4 is 24.0 Å². The fraction of sp³-hybridized carbons (Fsp3) is 0.632. The third-order valence-electron chi connectivity index (χ3n) is 4.87. The van der Waals surface area contributed by atoms with Gasteiger partial charge in [-0.3, -0.25) is 4.79 Å². The van der Waals surface area contributed by atoms with E-state index in [9.17, 15) is 4.79 Å². The molecule has 0 radical (unpaired) electrons. The molecule has 0 aromatic heterocycles. The van der Waals surface area contributed by atoms with Gasteiger partial charge in [0.15, 0.2) is 0 Å². The Bertz CT molecular complexity index is 593. The molecule has 0 unspecified atom stereocenters. The van der Waals surface area contributed by atoms with E-state index in [1.807, 2.05) is 32.0 Å². The molecule has 26 heavy (non-hydrogen) atoms. The van der Waals surface area contributed by atoms with Gasteiger partial charge >= 0.3 is 0 Å². The molecule has 2 fully saturated rings. The van der Waals surface area contributed by atoms with Gasteiger partial charge in [0.05, 0.1) is 19.3 Å². The molecule has 2 N–H and O–H groups in total. The molecule has 0 bridgehead atoms. The Morgan fingerprint density at radius 3 is 2.81 bits per heavy atom. The molecule has 146 valence electrons. The molecule has 6 nitrogen and oxygen atoms in total. The lowest BCUT2D eigenvalue weighted by molar-refractivity contribution is -0.123. The molecular formula is C19H29ClN2O4. The van der Waals surface area contributed by atoms with Gasteiger partial charge in [-0.25, -0.2) is 0 Å². The second kappa shape index (κ2) is 10.1. The van der Waals surface area contributed by atoms with E-state index in [-0.39, 0.29) is 30.5 Å². The van der Waals surface area contributed by atoms with E-state index >= 15 is 0 Å². The molecule has 1 aromatic rings. The third-order valence-corrected chi connectivity index (χ3v) is 4.87. The second-order valence-corrected chi connectivity index (χ2v) is 6.84. The summed E-state index contributed by atoms with van der Waals surface area (Å²) in [5.41, 5.74) is 1.81. The van der Waals surface area contributed by atoms with Crippen LogP contribution in [0, 0.1) is 12.8 Å². The number of anilines is 1. The highest BCUT2D eigenvalue weighted by atomic mass is 35.5. The molecule has 0 spiro atoms. The van der Waals surface area contributed by atoms with E-state index in [1.54, 1.807) is 0 Å². The van der Waals surface area contributed by atoms with E-state index in [0.717, 1.165) is 43.1 Å². The maximum Gasteiger partial charge on any atom is 0.244 e. The SMILES string of the molecule is Cc1ccc(NC(=O)[C@H]2NCCO[C@@H]2C)cc1OCC1CCOCC1.Cl. The Kier molecular flexibility index (Phi) is 8.15. The van der Waals surface area contributed by atoms with Crippen LogP contribution < -0.4 is 15.4 Å². The van der Waals surface area contributed by atoms with Gasteiger partial charge in [-0.2, -0.15) is 0 Å². The summed E-state index contributed by atoms with van der Waals surface area (Å²) in [6, 6.07) is 5.45. The fourth-order valence-corrected chi connectivity index (χ4v) is 3.20. The highest BCUT2D eigenvalue weighted by molar-refractivity contribution is 5.95. The summed E-state index contributed by atoms with van der Waals surface area (Å²) < 4.78 is 16.9. The number of halogens is 1. The summed E-state index contributed by atoms with van der Waals surface area (Å²) in [7, 11) is 0. The summed E-state index contributed by atoms with van der Waals surface area (Å²) >= 11 is 0. The minimum absolute atomic E-state index is 0.